The van der Waals surface area contributed by atoms with Crippen LogP contribution in [0.25, 0.3) is 21.9 Å². The van der Waals surface area contributed by atoms with Gasteiger partial charge >= 0.3 is 5.97 Å². The van der Waals surface area contributed by atoms with Crippen molar-refractivity contribution in [2.45, 2.75) is 32.9 Å². The molecule has 0 aliphatic carbocycles. The second-order valence-electron chi connectivity index (χ2n) is 6.41. The lowest BCUT2D eigenvalue weighted by molar-refractivity contribution is -0.155. The van der Waals surface area contributed by atoms with Gasteiger partial charge in [0.15, 0.2) is 0 Å². The number of hydrogen-bond acceptors (Lipinski definition) is 5. The van der Waals surface area contributed by atoms with Gasteiger partial charge in [-0.2, -0.15) is 0 Å². The van der Waals surface area contributed by atoms with E-state index in [1.165, 1.54) is 12.4 Å². The van der Waals surface area contributed by atoms with Crippen LogP contribution < -0.4 is 5.73 Å². The Hall–Kier alpha value is -2.22. The van der Waals surface area contributed by atoms with Crippen LogP contribution in [-0.2, 0) is 16.1 Å². The molecule has 0 radical (unpaired) electrons. The normalized spacial score (nSPS) is 12.0. The van der Waals surface area contributed by atoms with Crippen molar-refractivity contribution in [2.24, 2.45) is 0 Å². The molecule has 0 aliphatic rings. The highest BCUT2D eigenvalue weighted by atomic mass is 79.9. The van der Waals surface area contributed by atoms with E-state index in [0.29, 0.717) is 26.4 Å². The molecule has 0 fully saturated rings. The lowest BCUT2D eigenvalue weighted by Gasteiger charge is -2.20. The summed E-state index contributed by atoms with van der Waals surface area (Å²) in [6, 6.07) is 2.95. The SMILES string of the molecule is CC(C)(C)OC(=O)Cn1c2cc(F)c(Br)cc2c2c(N)ncnc21. The van der Waals surface area contributed by atoms with Gasteiger partial charge < -0.3 is 15.0 Å². The molecule has 0 saturated carbocycles. The first-order valence-electron chi connectivity index (χ1n) is 7.26. The maximum absolute atomic E-state index is 14.0. The van der Waals surface area contributed by atoms with E-state index < -0.39 is 17.4 Å². The van der Waals surface area contributed by atoms with E-state index in [-0.39, 0.29) is 12.4 Å². The predicted octanol–water partition coefficient (Wildman–Crippen LogP) is 3.41. The number of carbonyl (C=O) groups excluding carboxylic acids is 1. The molecule has 24 heavy (non-hydrogen) atoms. The number of nitrogens with two attached hydrogens (primary N) is 1. The smallest absolute Gasteiger partial charge is 0.326 e. The van der Waals surface area contributed by atoms with E-state index in [4.69, 9.17) is 10.5 Å². The molecule has 0 amide bonds. The van der Waals surface area contributed by atoms with Crippen LogP contribution in [0.15, 0.2) is 22.9 Å². The average Bonchev–Trinajstić information content (AvgIpc) is 2.73. The number of aromatic nitrogens is 3. The molecule has 8 heteroatoms. The van der Waals surface area contributed by atoms with Gasteiger partial charge in [0.2, 0.25) is 0 Å². The van der Waals surface area contributed by atoms with Gasteiger partial charge in [-0.05, 0) is 48.8 Å². The lowest BCUT2D eigenvalue weighted by atomic mass is 10.2. The fourth-order valence-corrected chi connectivity index (χ4v) is 2.93. The molecule has 0 atom stereocenters. The standard InChI is InChI=1S/C16H16BrFN4O2/c1-16(2,3)24-12(23)6-22-11-5-10(18)9(17)4-8(11)13-14(19)20-7-21-15(13)22/h4-5,7H,6H2,1-3H3,(H2,19,20,21). The van der Waals surface area contributed by atoms with Crippen LogP contribution in [0.1, 0.15) is 20.8 Å². The highest BCUT2D eigenvalue weighted by molar-refractivity contribution is 9.10. The maximum Gasteiger partial charge on any atom is 0.326 e. The van der Waals surface area contributed by atoms with Gasteiger partial charge in [0.05, 0.1) is 15.4 Å². The zero-order valence-electron chi connectivity index (χ0n) is 13.4. The Morgan fingerprint density at radius 2 is 2.08 bits per heavy atom. The van der Waals surface area contributed by atoms with Crippen LogP contribution in [-0.4, -0.2) is 26.1 Å². The lowest BCUT2D eigenvalue weighted by Crippen LogP contribution is -2.26. The van der Waals surface area contributed by atoms with E-state index in [1.807, 2.05) is 0 Å². The number of halogens is 2. The Kier molecular flexibility index (Phi) is 3.95. The van der Waals surface area contributed by atoms with Crippen molar-refractivity contribution in [2.75, 3.05) is 5.73 Å². The van der Waals surface area contributed by atoms with Gasteiger partial charge in [-0.3, -0.25) is 4.79 Å². The second-order valence-corrected chi connectivity index (χ2v) is 7.27. The zero-order chi connectivity index (χ0) is 17.6. The van der Waals surface area contributed by atoms with Crippen molar-refractivity contribution in [1.29, 1.82) is 0 Å². The third kappa shape index (κ3) is 2.93. The largest absolute Gasteiger partial charge is 0.459 e. The summed E-state index contributed by atoms with van der Waals surface area (Å²) in [6.07, 6.45) is 1.31. The van der Waals surface area contributed by atoms with Crippen LogP contribution in [0.4, 0.5) is 10.2 Å². The van der Waals surface area contributed by atoms with E-state index in [2.05, 4.69) is 25.9 Å². The first kappa shape index (κ1) is 16.6. The molecule has 2 N–H and O–H groups in total. The highest BCUT2D eigenvalue weighted by Crippen LogP contribution is 2.34. The molecule has 3 aromatic rings. The van der Waals surface area contributed by atoms with E-state index in [1.54, 1.807) is 31.4 Å². The molecule has 0 unspecified atom stereocenters. The minimum absolute atomic E-state index is 0.102. The number of nitrogen functional groups attached to an aromatic ring is 1. The molecule has 0 aliphatic heterocycles. The summed E-state index contributed by atoms with van der Waals surface area (Å²) < 4.78 is 21.3. The number of ether oxygens (including phenoxy) is 1. The first-order chi connectivity index (χ1) is 11.2. The van der Waals surface area contributed by atoms with Crippen molar-refractivity contribution in [3.8, 4) is 0 Å². The summed E-state index contributed by atoms with van der Waals surface area (Å²) in [5.74, 6) is -0.615. The van der Waals surface area contributed by atoms with E-state index in [9.17, 15) is 9.18 Å². The van der Waals surface area contributed by atoms with Gasteiger partial charge in [0.25, 0.3) is 0 Å². The zero-order valence-corrected chi connectivity index (χ0v) is 15.0. The van der Waals surface area contributed by atoms with Crippen molar-refractivity contribution >= 4 is 49.7 Å². The van der Waals surface area contributed by atoms with E-state index >= 15 is 0 Å². The Morgan fingerprint density at radius 3 is 2.75 bits per heavy atom. The van der Waals surface area contributed by atoms with Crippen LogP contribution in [0.5, 0.6) is 0 Å². The molecule has 0 spiro atoms. The summed E-state index contributed by atoms with van der Waals surface area (Å²) in [7, 11) is 0. The monoisotopic (exact) mass is 394 g/mol. The number of esters is 1. The minimum Gasteiger partial charge on any atom is -0.459 e. The fraction of sp³-hybridized carbons (Fsp3) is 0.312. The molecule has 0 saturated heterocycles. The fourth-order valence-electron chi connectivity index (χ4n) is 2.59. The molecule has 2 aromatic heterocycles. The predicted molar refractivity (Wildman–Crippen MR) is 92.9 cm³/mol. The molecule has 6 nitrogen and oxygen atoms in total. The van der Waals surface area contributed by atoms with Crippen LogP contribution >= 0.6 is 15.9 Å². The first-order valence-corrected chi connectivity index (χ1v) is 8.06. The minimum atomic E-state index is -0.613. The van der Waals surface area contributed by atoms with Crippen LogP contribution in [0, 0.1) is 5.82 Å². The second kappa shape index (κ2) is 5.70. The molecule has 1 aromatic carbocycles. The number of anilines is 1. The van der Waals surface area contributed by atoms with Gasteiger partial charge in [0, 0.05) is 5.39 Å². The Balaban J connectivity index is 2.23. The summed E-state index contributed by atoms with van der Waals surface area (Å²) in [5.41, 5.74) is 6.32. The number of carbonyl (C=O) groups is 1. The van der Waals surface area contributed by atoms with Gasteiger partial charge in [0.1, 0.15) is 35.8 Å². The number of nitrogens with zero attached hydrogens (tertiary/aromatic N) is 3. The van der Waals surface area contributed by atoms with Gasteiger partial charge in [-0.1, -0.05) is 0 Å². The summed E-state index contributed by atoms with van der Waals surface area (Å²) in [5, 5.41) is 1.25. The molecule has 0 bridgehead atoms. The maximum atomic E-state index is 14.0. The number of hydrogen-bond donors (Lipinski definition) is 1. The summed E-state index contributed by atoms with van der Waals surface area (Å²) in [4.78, 5) is 20.4. The number of fused-ring (bicyclic) bond motifs is 3. The van der Waals surface area contributed by atoms with Crippen molar-refractivity contribution in [3.63, 3.8) is 0 Å². The van der Waals surface area contributed by atoms with E-state index in [0.717, 1.165) is 0 Å². The topological polar surface area (TPSA) is 83.0 Å². The van der Waals surface area contributed by atoms with Crippen molar-refractivity contribution in [1.82, 2.24) is 14.5 Å². The molecular weight excluding hydrogens is 379 g/mol. The molecule has 2 heterocycles. The molecular formula is C16H16BrFN4O2. The number of rotatable bonds is 2. The third-order valence-corrected chi connectivity index (χ3v) is 4.03. The van der Waals surface area contributed by atoms with Crippen LogP contribution in [0.2, 0.25) is 0 Å². The van der Waals surface area contributed by atoms with Crippen molar-refractivity contribution < 1.29 is 13.9 Å². The summed E-state index contributed by atoms with van der Waals surface area (Å²) >= 11 is 3.17. The van der Waals surface area contributed by atoms with Gasteiger partial charge in [-0.15, -0.1) is 0 Å². The highest BCUT2D eigenvalue weighted by Gasteiger charge is 2.21. The van der Waals surface area contributed by atoms with Crippen LogP contribution in [0.3, 0.4) is 0 Å². The quantitative estimate of drug-likeness (QED) is 0.673. The Bertz CT molecular complexity index is 962. The third-order valence-electron chi connectivity index (χ3n) is 3.42. The summed E-state index contributed by atoms with van der Waals surface area (Å²) in [6.45, 7) is 5.25. The molecule has 126 valence electrons. The van der Waals surface area contributed by atoms with Crippen molar-refractivity contribution in [3.05, 3.63) is 28.7 Å². The number of benzene rings is 1. The molecule has 3 rings (SSSR count). The Labute approximate surface area is 145 Å². The Morgan fingerprint density at radius 1 is 1.38 bits per heavy atom. The average molecular weight is 395 g/mol. The van der Waals surface area contributed by atoms with Gasteiger partial charge in [-0.25, -0.2) is 14.4 Å².